The van der Waals surface area contributed by atoms with Gasteiger partial charge in [0.15, 0.2) is 0 Å². The minimum Gasteiger partial charge on any atom is -0.383 e. The Bertz CT molecular complexity index is 208. The molecule has 16 heavy (non-hydrogen) atoms. The average molecular weight is 226 g/mol. The van der Waals surface area contributed by atoms with Crippen molar-refractivity contribution in [1.29, 1.82) is 0 Å². The van der Waals surface area contributed by atoms with E-state index >= 15 is 0 Å². The Morgan fingerprint density at radius 2 is 2.00 bits per heavy atom. The lowest BCUT2D eigenvalue weighted by molar-refractivity contribution is 0.0468. The summed E-state index contributed by atoms with van der Waals surface area (Å²) in [6.45, 7) is 2.96. The summed E-state index contributed by atoms with van der Waals surface area (Å²) in [4.78, 5) is 2.64. The van der Waals surface area contributed by atoms with Gasteiger partial charge in [-0.25, -0.2) is 0 Å². The number of nitrogens with two attached hydrogens (primary N) is 1. The number of rotatable bonds is 4. The minimum absolute atomic E-state index is 0.186. The second-order valence-electron chi connectivity index (χ2n) is 5.46. The van der Waals surface area contributed by atoms with E-state index in [1.165, 1.54) is 45.1 Å². The Hall–Kier alpha value is -0.120. The normalized spacial score (nSPS) is 33.4. The van der Waals surface area contributed by atoms with E-state index in [1.807, 2.05) is 0 Å². The van der Waals surface area contributed by atoms with Gasteiger partial charge in [0.25, 0.3) is 0 Å². The van der Waals surface area contributed by atoms with Crippen LogP contribution in [0.2, 0.25) is 0 Å². The number of hydrogen-bond donors (Lipinski definition) is 1. The van der Waals surface area contributed by atoms with Crippen LogP contribution in [0.4, 0.5) is 0 Å². The summed E-state index contributed by atoms with van der Waals surface area (Å²) in [5.41, 5.74) is 6.07. The van der Waals surface area contributed by atoms with Gasteiger partial charge in [0.05, 0.1) is 6.61 Å². The first-order chi connectivity index (χ1) is 7.81. The summed E-state index contributed by atoms with van der Waals surface area (Å²) in [5.74, 6) is 0.956. The standard InChI is InChI=1S/C13H26N2O/c1-16-10-12(14)9-15-8-4-6-11-5-2-3-7-13(11)15/h11-13H,2-10,14H2,1H3/t11-,12?,13-/m1/s1. The Kier molecular flexibility index (Phi) is 4.62. The van der Waals surface area contributed by atoms with E-state index in [2.05, 4.69) is 4.90 Å². The first-order valence-corrected chi connectivity index (χ1v) is 6.80. The van der Waals surface area contributed by atoms with Crippen molar-refractivity contribution in [2.24, 2.45) is 11.7 Å². The molecular weight excluding hydrogens is 200 g/mol. The van der Waals surface area contributed by atoms with Gasteiger partial charge in [0.2, 0.25) is 0 Å². The smallest absolute Gasteiger partial charge is 0.0626 e. The number of piperidine rings is 1. The molecular formula is C13H26N2O. The van der Waals surface area contributed by atoms with Crippen LogP contribution in [0, 0.1) is 5.92 Å². The first-order valence-electron chi connectivity index (χ1n) is 6.80. The van der Waals surface area contributed by atoms with Crippen LogP contribution in [-0.4, -0.2) is 43.8 Å². The van der Waals surface area contributed by atoms with Crippen LogP contribution in [0.15, 0.2) is 0 Å². The molecule has 0 spiro atoms. The van der Waals surface area contributed by atoms with Gasteiger partial charge >= 0.3 is 0 Å². The summed E-state index contributed by atoms with van der Waals surface area (Å²) in [7, 11) is 1.74. The van der Waals surface area contributed by atoms with Crippen molar-refractivity contribution >= 4 is 0 Å². The van der Waals surface area contributed by atoms with E-state index in [9.17, 15) is 0 Å². The third-order valence-corrected chi connectivity index (χ3v) is 4.21. The number of likely N-dealkylation sites (tertiary alicyclic amines) is 1. The molecule has 3 atom stereocenters. The Labute approximate surface area is 99.3 Å². The van der Waals surface area contributed by atoms with Gasteiger partial charge in [-0.1, -0.05) is 12.8 Å². The maximum Gasteiger partial charge on any atom is 0.0626 e. The van der Waals surface area contributed by atoms with Crippen LogP contribution in [-0.2, 0) is 4.74 Å². The van der Waals surface area contributed by atoms with Crippen LogP contribution < -0.4 is 5.73 Å². The molecule has 3 heteroatoms. The molecule has 2 N–H and O–H groups in total. The van der Waals surface area contributed by atoms with Crippen LogP contribution >= 0.6 is 0 Å². The van der Waals surface area contributed by atoms with E-state index in [4.69, 9.17) is 10.5 Å². The predicted octanol–water partition coefficient (Wildman–Crippen LogP) is 1.61. The molecule has 1 saturated carbocycles. The number of methoxy groups -OCH3 is 1. The van der Waals surface area contributed by atoms with E-state index in [1.54, 1.807) is 7.11 Å². The predicted molar refractivity (Wildman–Crippen MR) is 66.4 cm³/mol. The van der Waals surface area contributed by atoms with Crippen molar-refractivity contribution in [2.45, 2.75) is 50.6 Å². The minimum atomic E-state index is 0.186. The molecule has 1 aliphatic heterocycles. The molecule has 94 valence electrons. The fourth-order valence-corrected chi connectivity index (χ4v) is 3.52. The van der Waals surface area contributed by atoms with Crippen molar-refractivity contribution in [2.75, 3.05) is 26.8 Å². The van der Waals surface area contributed by atoms with Crippen molar-refractivity contribution in [3.8, 4) is 0 Å². The molecule has 2 aliphatic rings. The molecule has 0 radical (unpaired) electrons. The number of ether oxygens (including phenoxy) is 1. The lowest BCUT2D eigenvalue weighted by Gasteiger charge is -2.45. The van der Waals surface area contributed by atoms with Gasteiger partial charge in [0.1, 0.15) is 0 Å². The SMILES string of the molecule is COCC(N)CN1CCC[C@H]2CCCC[C@H]21. The molecule has 0 aromatic heterocycles. The third kappa shape index (κ3) is 2.96. The molecule has 0 aromatic carbocycles. The number of hydrogen-bond acceptors (Lipinski definition) is 3. The van der Waals surface area contributed by atoms with Gasteiger partial charge in [-0.3, -0.25) is 4.90 Å². The largest absolute Gasteiger partial charge is 0.383 e. The van der Waals surface area contributed by atoms with Crippen molar-refractivity contribution < 1.29 is 4.74 Å². The lowest BCUT2D eigenvalue weighted by Crippen LogP contribution is -2.51. The van der Waals surface area contributed by atoms with Crippen molar-refractivity contribution in [3.05, 3.63) is 0 Å². The summed E-state index contributed by atoms with van der Waals surface area (Å²) in [6, 6.07) is 1.01. The van der Waals surface area contributed by atoms with Crippen LogP contribution in [0.3, 0.4) is 0 Å². The number of fused-ring (bicyclic) bond motifs is 1. The van der Waals surface area contributed by atoms with Crippen LogP contribution in [0.1, 0.15) is 38.5 Å². The van der Waals surface area contributed by atoms with Crippen LogP contribution in [0.5, 0.6) is 0 Å². The molecule has 1 heterocycles. The molecule has 2 rings (SSSR count). The Morgan fingerprint density at radius 3 is 2.81 bits per heavy atom. The summed E-state index contributed by atoms with van der Waals surface area (Å²) in [6.07, 6.45) is 8.50. The summed E-state index contributed by atoms with van der Waals surface area (Å²) < 4.78 is 5.13. The Morgan fingerprint density at radius 1 is 1.25 bits per heavy atom. The highest BCUT2D eigenvalue weighted by atomic mass is 16.5. The zero-order chi connectivity index (χ0) is 11.4. The molecule has 0 bridgehead atoms. The highest BCUT2D eigenvalue weighted by Gasteiger charge is 2.33. The highest BCUT2D eigenvalue weighted by molar-refractivity contribution is 4.88. The zero-order valence-electron chi connectivity index (χ0n) is 10.5. The Balaban J connectivity index is 1.87. The van der Waals surface area contributed by atoms with Crippen molar-refractivity contribution in [3.63, 3.8) is 0 Å². The summed E-state index contributed by atoms with van der Waals surface area (Å²) in [5, 5.41) is 0. The molecule has 0 aromatic rings. The first kappa shape index (κ1) is 12.3. The van der Waals surface area contributed by atoms with Crippen LogP contribution in [0.25, 0.3) is 0 Å². The van der Waals surface area contributed by atoms with Gasteiger partial charge < -0.3 is 10.5 Å². The van der Waals surface area contributed by atoms with E-state index in [0.717, 1.165) is 18.5 Å². The fourth-order valence-electron chi connectivity index (χ4n) is 3.52. The van der Waals surface area contributed by atoms with E-state index < -0.39 is 0 Å². The second-order valence-corrected chi connectivity index (χ2v) is 5.46. The second kappa shape index (κ2) is 5.99. The van der Waals surface area contributed by atoms with Gasteiger partial charge in [-0.05, 0) is 38.1 Å². The van der Waals surface area contributed by atoms with Gasteiger partial charge in [-0.2, -0.15) is 0 Å². The lowest BCUT2D eigenvalue weighted by atomic mass is 9.78. The monoisotopic (exact) mass is 226 g/mol. The van der Waals surface area contributed by atoms with E-state index in [0.29, 0.717) is 6.61 Å². The van der Waals surface area contributed by atoms with E-state index in [-0.39, 0.29) is 6.04 Å². The average Bonchev–Trinajstić information content (AvgIpc) is 2.30. The molecule has 2 fully saturated rings. The van der Waals surface area contributed by atoms with Gasteiger partial charge in [0, 0.05) is 25.7 Å². The third-order valence-electron chi connectivity index (χ3n) is 4.21. The maximum atomic E-state index is 6.07. The zero-order valence-corrected chi connectivity index (χ0v) is 10.5. The number of nitrogens with zero attached hydrogens (tertiary/aromatic N) is 1. The quantitative estimate of drug-likeness (QED) is 0.791. The highest BCUT2D eigenvalue weighted by Crippen LogP contribution is 2.35. The fraction of sp³-hybridized carbons (Fsp3) is 1.00. The maximum absolute atomic E-state index is 6.07. The molecule has 1 saturated heterocycles. The summed E-state index contributed by atoms with van der Waals surface area (Å²) >= 11 is 0. The topological polar surface area (TPSA) is 38.5 Å². The molecule has 1 aliphatic carbocycles. The molecule has 3 nitrogen and oxygen atoms in total. The molecule has 0 amide bonds. The molecule has 1 unspecified atom stereocenters. The van der Waals surface area contributed by atoms with Gasteiger partial charge in [-0.15, -0.1) is 0 Å². The van der Waals surface area contributed by atoms with Crippen molar-refractivity contribution in [1.82, 2.24) is 4.90 Å².